The van der Waals surface area contributed by atoms with Gasteiger partial charge in [0.05, 0.1) is 13.2 Å². The van der Waals surface area contributed by atoms with E-state index >= 15 is 0 Å². The minimum atomic E-state index is -0.0543. The van der Waals surface area contributed by atoms with Gasteiger partial charge in [0, 0.05) is 17.5 Å². The van der Waals surface area contributed by atoms with Crippen LogP contribution in [0.4, 0.5) is 0 Å². The summed E-state index contributed by atoms with van der Waals surface area (Å²) in [7, 11) is 0. The van der Waals surface area contributed by atoms with E-state index in [0.29, 0.717) is 19.3 Å². The molecule has 1 heterocycles. The molecular weight excluding hydrogens is 250 g/mol. The van der Waals surface area contributed by atoms with Crippen molar-refractivity contribution in [1.29, 1.82) is 0 Å². The maximum Gasteiger partial charge on any atom is 0.159 e. The van der Waals surface area contributed by atoms with Crippen LogP contribution in [0.15, 0.2) is 24.3 Å². The van der Waals surface area contributed by atoms with Crippen molar-refractivity contribution in [1.82, 2.24) is 5.32 Å². The number of nitrogens with one attached hydrogen (secondary N) is 1. The molecule has 18 heavy (non-hydrogen) atoms. The lowest BCUT2D eigenvalue weighted by atomic mass is 10.0. The molecule has 1 aromatic rings. The average molecular weight is 270 g/mol. The highest BCUT2D eigenvalue weighted by molar-refractivity contribution is 6.30. The Labute approximate surface area is 113 Å². The van der Waals surface area contributed by atoms with Gasteiger partial charge in [-0.2, -0.15) is 0 Å². The molecule has 0 bridgehead atoms. The fourth-order valence-electron chi connectivity index (χ4n) is 2.21. The van der Waals surface area contributed by atoms with Gasteiger partial charge in [0.2, 0.25) is 0 Å². The van der Waals surface area contributed by atoms with E-state index in [-0.39, 0.29) is 6.29 Å². The molecule has 2 rings (SSSR count). The zero-order valence-electron chi connectivity index (χ0n) is 10.7. The second-order valence-electron chi connectivity index (χ2n) is 4.49. The summed E-state index contributed by atoms with van der Waals surface area (Å²) < 4.78 is 11.0. The van der Waals surface area contributed by atoms with Gasteiger partial charge in [0.25, 0.3) is 0 Å². The van der Waals surface area contributed by atoms with Gasteiger partial charge in [-0.25, -0.2) is 0 Å². The number of hydrogen-bond donors (Lipinski definition) is 1. The molecule has 0 aromatic heterocycles. The topological polar surface area (TPSA) is 30.5 Å². The minimum Gasteiger partial charge on any atom is -0.350 e. The molecule has 0 spiro atoms. The van der Waals surface area contributed by atoms with Crippen LogP contribution in [0.3, 0.4) is 0 Å². The van der Waals surface area contributed by atoms with Crippen molar-refractivity contribution in [2.75, 3.05) is 19.8 Å². The fourth-order valence-corrected chi connectivity index (χ4v) is 2.33. The molecule has 0 radical (unpaired) electrons. The second kappa shape index (κ2) is 7.10. The number of hydrogen-bond acceptors (Lipinski definition) is 3. The summed E-state index contributed by atoms with van der Waals surface area (Å²) >= 11 is 5.89. The van der Waals surface area contributed by atoms with Crippen LogP contribution in [-0.4, -0.2) is 32.1 Å². The lowest BCUT2D eigenvalue weighted by molar-refractivity contribution is -0.0525. The van der Waals surface area contributed by atoms with Crippen LogP contribution in [0.25, 0.3) is 0 Å². The molecule has 1 unspecified atom stereocenters. The molecule has 1 N–H and O–H groups in total. The average Bonchev–Trinajstić information content (AvgIpc) is 2.85. The van der Waals surface area contributed by atoms with Gasteiger partial charge in [0.15, 0.2) is 6.29 Å². The van der Waals surface area contributed by atoms with Crippen molar-refractivity contribution in [3.05, 3.63) is 34.9 Å². The van der Waals surface area contributed by atoms with Crippen LogP contribution in [0.2, 0.25) is 5.02 Å². The fraction of sp³-hybridized carbons (Fsp3) is 0.571. The maximum atomic E-state index is 5.89. The summed E-state index contributed by atoms with van der Waals surface area (Å²) in [6.07, 6.45) is 1.80. The normalized spacial score (nSPS) is 18.1. The minimum absolute atomic E-state index is 0.0543. The van der Waals surface area contributed by atoms with Gasteiger partial charge in [-0.1, -0.05) is 30.7 Å². The van der Waals surface area contributed by atoms with Crippen LogP contribution < -0.4 is 5.32 Å². The summed E-state index contributed by atoms with van der Waals surface area (Å²) in [4.78, 5) is 0. The Hall–Kier alpha value is -0.610. The first kappa shape index (κ1) is 13.8. The van der Waals surface area contributed by atoms with E-state index in [0.717, 1.165) is 24.4 Å². The molecule has 1 fully saturated rings. The molecule has 0 aliphatic carbocycles. The van der Waals surface area contributed by atoms with E-state index in [1.54, 1.807) is 0 Å². The van der Waals surface area contributed by atoms with Crippen molar-refractivity contribution in [3.63, 3.8) is 0 Å². The largest absolute Gasteiger partial charge is 0.350 e. The first-order valence-electron chi connectivity index (χ1n) is 6.49. The maximum absolute atomic E-state index is 5.89. The first-order chi connectivity index (χ1) is 8.78. The van der Waals surface area contributed by atoms with E-state index < -0.39 is 0 Å². The zero-order chi connectivity index (χ0) is 12.8. The smallest absolute Gasteiger partial charge is 0.159 e. The monoisotopic (exact) mass is 269 g/mol. The second-order valence-corrected chi connectivity index (χ2v) is 4.93. The molecule has 1 aliphatic heterocycles. The molecule has 3 nitrogen and oxygen atoms in total. The van der Waals surface area contributed by atoms with Crippen LogP contribution in [0.5, 0.6) is 0 Å². The van der Waals surface area contributed by atoms with E-state index in [4.69, 9.17) is 21.1 Å². The number of ether oxygens (including phenoxy) is 2. The van der Waals surface area contributed by atoms with Gasteiger partial charge in [-0.15, -0.1) is 0 Å². The Morgan fingerprint density at radius 3 is 2.56 bits per heavy atom. The number of likely N-dealkylation sites (N-methyl/N-ethyl adjacent to an activating group) is 1. The van der Waals surface area contributed by atoms with Crippen LogP contribution in [0.1, 0.15) is 18.9 Å². The molecule has 1 aromatic carbocycles. The summed E-state index contributed by atoms with van der Waals surface area (Å²) in [5, 5.41) is 4.26. The first-order valence-corrected chi connectivity index (χ1v) is 6.86. The van der Waals surface area contributed by atoms with Crippen LogP contribution in [0, 0.1) is 0 Å². The highest BCUT2D eigenvalue weighted by Crippen LogP contribution is 2.16. The van der Waals surface area contributed by atoms with Crippen LogP contribution >= 0.6 is 11.6 Å². The SMILES string of the molecule is CCNC(Cc1ccc(Cl)cc1)CC1OCCO1. The number of halogens is 1. The van der Waals surface area contributed by atoms with E-state index in [1.165, 1.54) is 5.56 Å². The Morgan fingerprint density at radius 1 is 1.28 bits per heavy atom. The predicted molar refractivity (Wildman–Crippen MR) is 72.9 cm³/mol. The predicted octanol–water partition coefficient (Wildman–Crippen LogP) is 2.62. The van der Waals surface area contributed by atoms with E-state index in [9.17, 15) is 0 Å². The van der Waals surface area contributed by atoms with Gasteiger partial charge in [-0.05, 0) is 30.7 Å². The van der Waals surface area contributed by atoms with E-state index in [1.807, 2.05) is 12.1 Å². The highest BCUT2D eigenvalue weighted by Gasteiger charge is 2.21. The van der Waals surface area contributed by atoms with Crippen molar-refractivity contribution < 1.29 is 9.47 Å². The quantitative estimate of drug-likeness (QED) is 0.861. The van der Waals surface area contributed by atoms with E-state index in [2.05, 4.69) is 24.4 Å². The number of rotatable bonds is 6. The van der Waals surface area contributed by atoms with Crippen molar-refractivity contribution >= 4 is 11.6 Å². The number of benzene rings is 1. The zero-order valence-corrected chi connectivity index (χ0v) is 11.5. The Bertz CT molecular complexity index is 349. The van der Waals surface area contributed by atoms with Crippen LogP contribution in [-0.2, 0) is 15.9 Å². The summed E-state index contributed by atoms with van der Waals surface area (Å²) in [6, 6.07) is 8.39. The summed E-state index contributed by atoms with van der Waals surface area (Å²) in [5.41, 5.74) is 1.28. The molecule has 100 valence electrons. The Morgan fingerprint density at radius 2 is 1.94 bits per heavy atom. The van der Waals surface area contributed by atoms with Crippen molar-refractivity contribution in [2.24, 2.45) is 0 Å². The van der Waals surface area contributed by atoms with Gasteiger partial charge < -0.3 is 14.8 Å². The molecule has 1 saturated heterocycles. The molecule has 0 amide bonds. The summed E-state index contributed by atoms with van der Waals surface area (Å²) in [6.45, 7) is 4.49. The van der Waals surface area contributed by atoms with Crippen molar-refractivity contribution in [2.45, 2.75) is 32.1 Å². The van der Waals surface area contributed by atoms with Crippen molar-refractivity contribution in [3.8, 4) is 0 Å². The third-order valence-corrected chi connectivity index (χ3v) is 3.31. The third-order valence-electron chi connectivity index (χ3n) is 3.06. The molecule has 0 saturated carbocycles. The third kappa shape index (κ3) is 4.25. The summed E-state index contributed by atoms with van der Waals surface area (Å²) in [5.74, 6) is 0. The van der Waals surface area contributed by atoms with Gasteiger partial charge >= 0.3 is 0 Å². The molecule has 1 atom stereocenters. The van der Waals surface area contributed by atoms with Gasteiger partial charge in [-0.3, -0.25) is 0 Å². The Kier molecular flexibility index (Phi) is 5.45. The molecule has 1 aliphatic rings. The standard InChI is InChI=1S/C14H20ClNO2/c1-2-16-13(10-14-17-7-8-18-14)9-11-3-5-12(15)6-4-11/h3-6,13-14,16H,2,7-10H2,1H3. The Balaban J connectivity index is 1.90. The highest BCUT2D eigenvalue weighted by atomic mass is 35.5. The molecule has 4 heteroatoms. The molecular formula is C14H20ClNO2. The lowest BCUT2D eigenvalue weighted by Gasteiger charge is -2.20. The van der Waals surface area contributed by atoms with Gasteiger partial charge in [0.1, 0.15) is 0 Å². The lowest BCUT2D eigenvalue weighted by Crippen LogP contribution is -2.34.